The van der Waals surface area contributed by atoms with E-state index in [0.717, 1.165) is 5.56 Å². The van der Waals surface area contributed by atoms with Gasteiger partial charge in [-0.15, -0.1) is 9.93 Å². The Hall–Kier alpha value is -3.11. The molecule has 0 spiro atoms. The molecule has 3 rings (SSSR count). The maximum atomic E-state index is 12.1. The molecule has 1 heterocycles. The van der Waals surface area contributed by atoms with Crippen LogP contribution in [0.25, 0.3) is 5.69 Å². The minimum atomic E-state index is -3.84. The van der Waals surface area contributed by atoms with E-state index in [0.29, 0.717) is 5.69 Å². The highest BCUT2D eigenvalue weighted by atomic mass is 32.2. The molecule has 9 nitrogen and oxygen atoms in total. The van der Waals surface area contributed by atoms with Crippen molar-refractivity contribution < 1.29 is 13.2 Å². The maximum Gasteiger partial charge on any atom is 0.266 e. The molecule has 0 aliphatic heterocycles. The summed E-state index contributed by atoms with van der Waals surface area (Å²) >= 11 is 0. The second kappa shape index (κ2) is 6.79. The number of rotatable bonds is 5. The van der Waals surface area contributed by atoms with Crippen molar-refractivity contribution in [3.63, 3.8) is 0 Å². The van der Waals surface area contributed by atoms with Crippen LogP contribution in [0.5, 0.6) is 0 Å². The van der Waals surface area contributed by atoms with E-state index in [1.165, 1.54) is 35.3 Å². The van der Waals surface area contributed by atoms with E-state index in [4.69, 9.17) is 0 Å². The first-order valence-electron chi connectivity index (χ1n) is 7.18. The van der Waals surface area contributed by atoms with E-state index in [1.54, 1.807) is 24.3 Å². The van der Waals surface area contributed by atoms with E-state index >= 15 is 0 Å². The molecule has 0 aliphatic rings. The van der Waals surface area contributed by atoms with E-state index in [9.17, 15) is 13.2 Å². The van der Waals surface area contributed by atoms with Gasteiger partial charge in [0.25, 0.3) is 15.9 Å². The quantitative estimate of drug-likeness (QED) is 0.645. The molecule has 25 heavy (non-hydrogen) atoms. The third kappa shape index (κ3) is 3.87. The van der Waals surface area contributed by atoms with Crippen LogP contribution < -0.4 is 10.3 Å². The summed E-state index contributed by atoms with van der Waals surface area (Å²) in [5.74, 6) is -0.584. The first-order chi connectivity index (χ1) is 12.0. The zero-order chi connectivity index (χ0) is 17.9. The Balaban J connectivity index is 1.67. The molecule has 0 saturated heterocycles. The molecule has 0 aliphatic carbocycles. The van der Waals surface area contributed by atoms with Crippen molar-refractivity contribution in [3.8, 4) is 5.69 Å². The topological polar surface area (TPSA) is 119 Å². The van der Waals surface area contributed by atoms with Crippen LogP contribution in [0.1, 0.15) is 15.9 Å². The largest absolute Gasteiger partial charge is 0.273 e. The third-order valence-corrected chi connectivity index (χ3v) is 4.64. The second-order valence-electron chi connectivity index (χ2n) is 5.17. The molecule has 0 saturated carbocycles. The van der Waals surface area contributed by atoms with Gasteiger partial charge in [-0.3, -0.25) is 10.2 Å². The smallest absolute Gasteiger partial charge is 0.266 e. The number of hydrogen-bond acceptors (Lipinski definition) is 6. The minimum Gasteiger partial charge on any atom is -0.273 e. The average molecular weight is 358 g/mol. The van der Waals surface area contributed by atoms with Gasteiger partial charge in [-0.05, 0) is 53.7 Å². The van der Waals surface area contributed by atoms with Crippen molar-refractivity contribution in [2.75, 3.05) is 0 Å². The molecule has 128 valence electrons. The van der Waals surface area contributed by atoms with Crippen LogP contribution in [-0.4, -0.2) is 34.5 Å². The van der Waals surface area contributed by atoms with Crippen LogP contribution in [0.15, 0.2) is 59.8 Å². The number of hydrogen-bond donors (Lipinski definition) is 2. The summed E-state index contributed by atoms with van der Waals surface area (Å²) in [6.07, 6.45) is 1.42. The monoisotopic (exact) mass is 358 g/mol. The number of benzene rings is 2. The molecule has 0 bridgehead atoms. The second-order valence-corrected chi connectivity index (χ2v) is 6.86. The van der Waals surface area contributed by atoms with E-state index in [2.05, 4.69) is 25.8 Å². The summed E-state index contributed by atoms with van der Waals surface area (Å²) in [5.41, 5.74) is 4.07. The lowest BCUT2D eigenvalue weighted by Gasteiger charge is -2.09. The van der Waals surface area contributed by atoms with Crippen LogP contribution in [-0.2, 0) is 10.0 Å². The van der Waals surface area contributed by atoms with Gasteiger partial charge in [0.15, 0.2) is 0 Å². The lowest BCUT2D eigenvalue weighted by molar-refractivity contribution is 0.0945. The fourth-order valence-corrected chi connectivity index (χ4v) is 2.85. The molecule has 1 aromatic heterocycles. The van der Waals surface area contributed by atoms with Crippen LogP contribution in [0.4, 0.5) is 0 Å². The zero-order valence-electron chi connectivity index (χ0n) is 13.1. The number of nitrogens with one attached hydrogen (secondary N) is 2. The van der Waals surface area contributed by atoms with Gasteiger partial charge in [-0.2, -0.15) is 0 Å². The van der Waals surface area contributed by atoms with E-state index in [1.807, 2.05) is 6.92 Å². The Labute approximate surface area is 143 Å². The summed E-state index contributed by atoms with van der Waals surface area (Å²) in [7, 11) is -3.84. The highest BCUT2D eigenvalue weighted by Crippen LogP contribution is 2.10. The van der Waals surface area contributed by atoms with Gasteiger partial charge in [0.05, 0.1) is 10.6 Å². The first-order valence-corrected chi connectivity index (χ1v) is 8.66. The third-order valence-electron chi connectivity index (χ3n) is 3.37. The fraction of sp³-hybridized carbons (Fsp3) is 0.0667. The molecule has 2 aromatic carbocycles. The summed E-state index contributed by atoms with van der Waals surface area (Å²) in [5, 5.41) is 10.8. The number of nitrogens with zero attached hydrogens (tertiary/aromatic N) is 4. The molecule has 10 heteroatoms. The van der Waals surface area contributed by atoms with Crippen molar-refractivity contribution in [1.29, 1.82) is 0 Å². The summed E-state index contributed by atoms with van der Waals surface area (Å²) in [6, 6.07) is 12.6. The van der Waals surface area contributed by atoms with Gasteiger partial charge >= 0.3 is 0 Å². The molecule has 0 fully saturated rings. The number of aromatic nitrogens is 4. The van der Waals surface area contributed by atoms with Crippen molar-refractivity contribution in [2.45, 2.75) is 11.8 Å². The Bertz CT molecular complexity index is 967. The number of carbonyl (C=O) groups excluding carboxylic acids is 1. The summed E-state index contributed by atoms with van der Waals surface area (Å²) in [4.78, 5) is 14.2. The van der Waals surface area contributed by atoms with E-state index in [-0.39, 0.29) is 10.5 Å². The molecule has 3 aromatic rings. The molecular weight excluding hydrogens is 344 g/mol. The summed E-state index contributed by atoms with van der Waals surface area (Å²) in [6.45, 7) is 1.85. The number of carbonyl (C=O) groups is 1. The first kappa shape index (κ1) is 16.7. The molecule has 2 N–H and O–H groups in total. The number of tetrazole rings is 1. The normalized spacial score (nSPS) is 11.2. The average Bonchev–Trinajstić information content (AvgIpc) is 3.15. The highest BCUT2D eigenvalue weighted by Gasteiger charge is 2.15. The minimum absolute atomic E-state index is 0.0624. The van der Waals surface area contributed by atoms with Crippen molar-refractivity contribution in [1.82, 2.24) is 30.5 Å². The zero-order valence-corrected chi connectivity index (χ0v) is 13.9. The number of hydrazine groups is 1. The molecule has 0 atom stereocenters. The van der Waals surface area contributed by atoms with Gasteiger partial charge in [-0.25, -0.2) is 13.1 Å². The SMILES string of the molecule is Cc1ccc(S(=O)(=O)NNC(=O)c2ccc(-n3cnnn3)cc2)cc1. The maximum absolute atomic E-state index is 12.1. The van der Waals surface area contributed by atoms with Gasteiger partial charge < -0.3 is 0 Å². The van der Waals surface area contributed by atoms with Gasteiger partial charge in [0.2, 0.25) is 0 Å². The van der Waals surface area contributed by atoms with Gasteiger partial charge in [-0.1, -0.05) is 17.7 Å². The van der Waals surface area contributed by atoms with Crippen molar-refractivity contribution in [3.05, 3.63) is 66.0 Å². The number of sulfonamides is 1. The van der Waals surface area contributed by atoms with Crippen LogP contribution in [0.2, 0.25) is 0 Å². The van der Waals surface area contributed by atoms with E-state index < -0.39 is 15.9 Å². The summed E-state index contributed by atoms with van der Waals surface area (Å²) < 4.78 is 25.7. The van der Waals surface area contributed by atoms with Crippen LogP contribution in [0.3, 0.4) is 0 Å². The molecule has 1 amide bonds. The Morgan fingerprint density at radius 1 is 1.04 bits per heavy atom. The fourth-order valence-electron chi connectivity index (χ4n) is 2.01. The predicted molar refractivity (Wildman–Crippen MR) is 88.1 cm³/mol. The Morgan fingerprint density at radius 2 is 1.72 bits per heavy atom. The molecular formula is C15H14N6O3S. The lowest BCUT2D eigenvalue weighted by atomic mass is 10.2. The number of aryl methyl sites for hydroxylation is 1. The highest BCUT2D eigenvalue weighted by molar-refractivity contribution is 7.89. The molecule has 0 unspecified atom stereocenters. The lowest BCUT2D eigenvalue weighted by Crippen LogP contribution is -2.41. The Morgan fingerprint density at radius 3 is 2.32 bits per heavy atom. The van der Waals surface area contributed by atoms with Gasteiger partial charge in [0.1, 0.15) is 6.33 Å². The number of amides is 1. The van der Waals surface area contributed by atoms with Crippen molar-refractivity contribution >= 4 is 15.9 Å². The van der Waals surface area contributed by atoms with Crippen molar-refractivity contribution in [2.24, 2.45) is 0 Å². The predicted octanol–water partition coefficient (Wildman–Crippen LogP) is 0.594. The van der Waals surface area contributed by atoms with Gasteiger partial charge in [0, 0.05) is 5.56 Å². The van der Waals surface area contributed by atoms with Crippen LogP contribution >= 0.6 is 0 Å². The Kier molecular flexibility index (Phi) is 4.55. The van der Waals surface area contributed by atoms with Crippen LogP contribution in [0, 0.1) is 6.92 Å². The standard InChI is InChI=1S/C15H14N6O3S/c1-11-2-8-14(9-3-11)25(23,24)20-17-15(22)12-4-6-13(7-5-12)21-10-16-18-19-21/h2-10,20H,1H3,(H,17,22). The molecule has 0 radical (unpaired) electrons.